The zero-order chi connectivity index (χ0) is 13.0. The monoisotopic (exact) mass is 248 g/mol. The van der Waals surface area contributed by atoms with E-state index in [9.17, 15) is 4.79 Å². The Bertz CT molecular complexity index is 416. The van der Waals surface area contributed by atoms with E-state index in [0.29, 0.717) is 12.6 Å². The van der Waals surface area contributed by atoms with E-state index in [1.54, 1.807) is 6.20 Å². The molecule has 4 heteroatoms. The van der Waals surface area contributed by atoms with E-state index in [-0.39, 0.29) is 5.69 Å². The Balaban J connectivity index is 2.08. The summed E-state index contributed by atoms with van der Waals surface area (Å²) in [6.07, 6.45) is 6.36. The zero-order valence-electron chi connectivity index (χ0n) is 10.8. The van der Waals surface area contributed by atoms with Crippen LogP contribution in [0.2, 0.25) is 0 Å². The molecule has 0 spiro atoms. The number of pyridine rings is 1. The van der Waals surface area contributed by atoms with Crippen LogP contribution in [0.25, 0.3) is 0 Å². The molecular weight excluding hydrogens is 228 g/mol. The number of carboxylic acids is 1. The predicted molar refractivity (Wildman–Crippen MR) is 69.5 cm³/mol. The average molecular weight is 248 g/mol. The number of hydrogen-bond acceptors (Lipinski definition) is 3. The molecule has 0 aromatic carbocycles. The van der Waals surface area contributed by atoms with Crippen LogP contribution in [-0.2, 0) is 6.54 Å². The lowest BCUT2D eigenvalue weighted by molar-refractivity contribution is 0.0687. The van der Waals surface area contributed by atoms with Crippen molar-refractivity contribution in [2.75, 3.05) is 6.54 Å². The van der Waals surface area contributed by atoms with E-state index < -0.39 is 5.97 Å². The number of aromatic carboxylic acids is 1. The zero-order valence-corrected chi connectivity index (χ0v) is 10.8. The quantitative estimate of drug-likeness (QED) is 0.805. The summed E-state index contributed by atoms with van der Waals surface area (Å²) in [6, 6.07) is 4.34. The maximum absolute atomic E-state index is 11.1. The molecule has 0 bridgehead atoms. The highest BCUT2D eigenvalue weighted by Gasteiger charge is 2.29. The van der Waals surface area contributed by atoms with Crippen molar-refractivity contribution in [2.24, 2.45) is 0 Å². The van der Waals surface area contributed by atoms with Gasteiger partial charge in [-0.05, 0) is 37.4 Å². The molecule has 1 aromatic rings. The Hall–Kier alpha value is -1.42. The SMILES string of the molecule is CCCCN(Cc1cccnc1C(=O)O)C1CC1. The average Bonchev–Trinajstić information content (AvgIpc) is 3.19. The smallest absolute Gasteiger partial charge is 0.354 e. The van der Waals surface area contributed by atoms with Crippen LogP contribution < -0.4 is 0 Å². The molecule has 4 nitrogen and oxygen atoms in total. The van der Waals surface area contributed by atoms with Crippen molar-refractivity contribution in [3.63, 3.8) is 0 Å². The third kappa shape index (κ3) is 3.29. The van der Waals surface area contributed by atoms with Crippen molar-refractivity contribution in [3.05, 3.63) is 29.6 Å². The lowest BCUT2D eigenvalue weighted by atomic mass is 10.1. The number of rotatable bonds is 7. The standard InChI is InChI=1S/C14H20N2O2/c1-2-3-9-16(12-6-7-12)10-11-5-4-8-15-13(11)14(17)18/h4-5,8,12H,2-3,6-7,9-10H2,1H3,(H,17,18). The number of nitrogens with zero attached hydrogens (tertiary/aromatic N) is 2. The van der Waals surface area contributed by atoms with Gasteiger partial charge in [-0.2, -0.15) is 0 Å². The van der Waals surface area contributed by atoms with Gasteiger partial charge in [0.2, 0.25) is 0 Å². The maximum Gasteiger partial charge on any atom is 0.354 e. The number of carboxylic acid groups (broad SMARTS) is 1. The molecule has 1 N–H and O–H groups in total. The molecule has 0 aliphatic heterocycles. The summed E-state index contributed by atoms with van der Waals surface area (Å²) in [6.45, 7) is 3.94. The highest BCUT2D eigenvalue weighted by Crippen LogP contribution is 2.28. The third-order valence-electron chi connectivity index (χ3n) is 3.33. The van der Waals surface area contributed by atoms with Crippen LogP contribution in [0.1, 0.15) is 48.7 Å². The van der Waals surface area contributed by atoms with Crippen molar-refractivity contribution >= 4 is 5.97 Å². The Morgan fingerprint density at radius 2 is 2.33 bits per heavy atom. The van der Waals surface area contributed by atoms with Gasteiger partial charge < -0.3 is 5.11 Å². The summed E-state index contributed by atoms with van der Waals surface area (Å²) < 4.78 is 0. The highest BCUT2D eigenvalue weighted by atomic mass is 16.4. The third-order valence-corrected chi connectivity index (χ3v) is 3.33. The first kappa shape index (κ1) is 13.0. The fourth-order valence-electron chi connectivity index (χ4n) is 2.17. The second kappa shape index (κ2) is 5.96. The molecule has 98 valence electrons. The summed E-state index contributed by atoms with van der Waals surface area (Å²) in [5.74, 6) is -0.933. The van der Waals surface area contributed by atoms with Gasteiger partial charge in [-0.3, -0.25) is 4.90 Å². The topological polar surface area (TPSA) is 53.4 Å². The number of carbonyl (C=O) groups is 1. The first-order valence-corrected chi connectivity index (χ1v) is 6.63. The van der Waals surface area contributed by atoms with Gasteiger partial charge in [-0.15, -0.1) is 0 Å². The molecule has 1 aliphatic carbocycles. The van der Waals surface area contributed by atoms with Gasteiger partial charge in [0.1, 0.15) is 0 Å². The summed E-state index contributed by atoms with van der Waals surface area (Å²) >= 11 is 0. The van der Waals surface area contributed by atoms with Gasteiger partial charge in [0, 0.05) is 18.8 Å². The van der Waals surface area contributed by atoms with Crippen LogP contribution in [0, 0.1) is 0 Å². The summed E-state index contributed by atoms with van der Waals surface area (Å²) in [5, 5.41) is 9.13. The van der Waals surface area contributed by atoms with E-state index in [1.165, 1.54) is 25.7 Å². The molecule has 2 rings (SSSR count). The van der Waals surface area contributed by atoms with Crippen LogP contribution in [0.4, 0.5) is 0 Å². The molecule has 0 unspecified atom stereocenters. The molecule has 1 aromatic heterocycles. The van der Waals surface area contributed by atoms with E-state index >= 15 is 0 Å². The Kier molecular flexibility index (Phi) is 4.31. The summed E-state index contributed by atoms with van der Waals surface area (Å²) in [4.78, 5) is 17.5. The van der Waals surface area contributed by atoms with Crippen molar-refractivity contribution in [3.8, 4) is 0 Å². The Labute approximate surface area is 108 Å². The number of unbranched alkanes of at least 4 members (excludes halogenated alkanes) is 1. The van der Waals surface area contributed by atoms with Crippen LogP contribution in [0.15, 0.2) is 18.3 Å². The molecule has 0 saturated heterocycles. The van der Waals surface area contributed by atoms with E-state index in [4.69, 9.17) is 5.11 Å². The van der Waals surface area contributed by atoms with Crippen molar-refractivity contribution in [1.29, 1.82) is 0 Å². The Morgan fingerprint density at radius 1 is 1.56 bits per heavy atom. The van der Waals surface area contributed by atoms with Crippen LogP contribution >= 0.6 is 0 Å². The first-order chi connectivity index (χ1) is 8.72. The molecule has 1 saturated carbocycles. The maximum atomic E-state index is 11.1. The fourth-order valence-corrected chi connectivity index (χ4v) is 2.17. The summed E-state index contributed by atoms with van der Waals surface area (Å²) in [7, 11) is 0. The van der Waals surface area contributed by atoms with E-state index in [0.717, 1.165) is 12.1 Å². The molecule has 0 radical (unpaired) electrons. The number of aromatic nitrogens is 1. The Morgan fingerprint density at radius 3 is 2.94 bits per heavy atom. The van der Waals surface area contributed by atoms with Gasteiger partial charge in [0.15, 0.2) is 5.69 Å². The largest absolute Gasteiger partial charge is 0.477 e. The predicted octanol–water partition coefficient (Wildman–Crippen LogP) is 2.54. The molecule has 18 heavy (non-hydrogen) atoms. The van der Waals surface area contributed by atoms with Crippen LogP contribution in [-0.4, -0.2) is 33.5 Å². The van der Waals surface area contributed by atoms with Gasteiger partial charge >= 0.3 is 5.97 Å². The normalized spacial score (nSPS) is 15.0. The molecule has 1 fully saturated rings. The summed E-state index contributed by atoms with van der Waals surface area (Å²) in [5.41, 5.74) is 1.02. The molecule has 0 amide bonds. The second-order valence-corrected chi connectivity index (χ2v) is 4.87. The highest BCUT2D eigenvalue weighted by molar-refractivity contribution is 5.86. The van der Waals surface area contributed by atoms with Crippen molar-refractivity contribution < 1.29 is 9.90 Å². The van der Waals surface area contributed by atoms with Crippen LogP contribution in [0.3, 0.4) is 0 Å². The second-order valence-electron chi connectivity index (χ2n) is 4.87. The van der Waals surface area contributed by atoms with E-state index in [2.05, 4.69) is 16.8 Å². The minimum absolute atomic E-state index is 0.194. The van der Waals surface area contributed by atoms with Gasteiger partial charge in [0.05, 0.1) is 0 Å². The lowest BCUT2D eigenvalue weighted by Gasteiger charge is -2.22. The molecule has 1 aliphatic rings. The number of hydrogen-bond donors (Lipinski definition) is 1. The van der Waals surface area contributed by atoms with Crippen LogP contribution in [0.5, 0.6) is 0 Å². The first-order valence-electron chi connectivity index (χ1n) is 6.63. The lowest BCUT2D eigenvalue weighted by Crippen LogP contribution is -2.27. The van der Waals surface area contributed by atoms with Gasteiger partial charge in [0.25, 0.3) is 0 Å². The van der Waals surface area contributed by atoms with E-state index in [1.807, 2.05) is 12.1 Å². The van der Waals surface area contributed by atoms with Crippen molar-refractivity contribution in [2.45, 2.75) is 45.2 Å². The van der Waals surface area contributed by atoms with Gasteiger partial charge in [-0.1, -0.05) is 19.4 Å². The molecule has 0 atom stereocenters. The van der Waals surface area contributed by atoms with Crippen molar-refractivity contribution in [1.82, 2.24) is 9.88 Å². The minimum atomic E-state index is -0.933. The van der Waals surface area contributed by atoms with Gasteiger partial charge in [-0.25, -0.2) is 9.78 Å². The fraction of sp³-hybridized carbons (Fsp3) is 0.571. The minimum Gasteiger partial charge on any atom is -0.477 e. The molecule has 1 heterocycles. The molecular formula is C14H20N2O2.